The molecule has 1 fully saturated rings. The van der Waals surface area contributed by atoms with Crippen LogP contribution in [0.4, 0.5) is 5.69 Å². The number of carboxylic acids is 1. The summed E-state index contributed by atoms with van der Waals surface area (Å²) in [5.74, 6) is -2.18. The molecule has 24 heavy (non-hydrogen) atoms. The molecule has 2 heterocycles. The summed E-state index contributed by atoms with van der Waals surface area (Å²) in [4.78, 5) is 27.5. The maximum atomic E-state index is 12.0. The first-order valence-corrected chi connectivity index (χ1v) is 7.71. The number of nitrogens with zero attached hydrogens (tertiary/aromatic N) is 2. The van der Waals surface area contributed by atoms with E-state index in [0.29, 0.717) is 10.1 Å². The minimum absolute atomic E-state index is 0.274. The first kappa shape index (κ1) is 15.9. The predicted molar refractivity (Wildman–Crippen MR) is 89.1 cm³/mol. The number of benzene rings is 1. The highest BCUT2D eigenvalue weighted by atomic mass is 32.2. The topological polar surface area (TPSA) is 107 Å². The van der Waals surface area contributed by atoms with E-state index < -0.39 is 11.7 Å². The van der Waals surface area contributed by atoms with Crippen molar-refractivity contribution in [3.05, 3.63) is 52.7 Å². The first-order chi connectivity index (χ1) is 11.4. The number of aliphatic imine (C=N–C) groups is 1. The van der Waals surface area contributed by atoms with Crippen LogP contribution in [0.3, 0.4) is 0 Å². The molecule has 1 aliphatic heterocycles. The average molecular weight is 342 g/mol. The highest BCUT2D eigenvalue weighted by molar-refractivity contribution is 8.18. The molecule has 0 aliphatic carbocycles. The second kappa shape index (κ2) is 6.25. The fourth-order valence-corrected chi connectivity index (χ4v) is 2.94. The van der Waals surface area contributed by atoms with E-state index in [4.69, 9.17) is 5.11 Å². The van der Waals surface area contributed by atoms with Gasteiger partial charge in [0.1, 0.15) is 0 Å². The fourth-order valence-electron chi connectivity index (χ4n) is 2.11. The van der Waals surface area contributed by atoms with Gasteiger partial charge in [-0.25, -0.2) is 9.79 Å². The van der Waals surface area contributed by atoms with E-state index in [2.05, 4.69) is 10.3 Å². The van der Waals surface area contributed by atoms with Crippen molar-refractivity contribution in [3.63, 3.8) is 0 Å². The van der Waals surface area contributed by atoms with Crippen LogP contribution in [0.1, 0.15) is 16.1 Å². The lowest BCUT2D eigenvalue weighted by atomic mass is 10.2. The lowest BCUT2D eigenvalue weighted by molar-refractivity contribution is -0.268. The lowest BCUT2D eigenvalue weighted by Crippen LogP contribution is -2.19. The van der Waals surface area contributed by atoms with Gasteiger partial charge in [0.25, 0.3) is 5.91 Å². The van der Waals surface area contributed by atoms with Gasteiger partial charge >= 0.3 is 5.97 Å². The number of hydrogen-bond donors (Lipinski definition) is 2. The Morgan fingerprint density at radius 1 is 1.42 bits per heavy atom. The van der Waals surface area contributed by atoms with E-state index in [1.807, 2.05) is 29.9 Å². The molecule has 7 nitrogen and oxygen atoms in total. The number of aromatic nitrogens is 1. The van der Waals surface area contributed by atoms with E-state index in [1.165, 1.54) is 12.1 Å². The molecule has 0 unspecified atom stereocenters. The van der Waals surface area contributed by atoms with E-state index in [1.54, 1.807) is 6.08 Å². The summed E-state index contributed by atoms with van der Waals surface area (Å²) in [6, 6.07) is 7.50. The standard InChI is InChI=1S/C16H13N3O4S/c1-19-6-2-3-10(19)8-13-14(21)18-16(24-13)17-9-4-5-11(15(22)23)12(20)7-9/h2-8,20H,1H3,(H,22,23)(H,17,18,21)/p-1/b13-8+. The smallest absolute Gasteiger partial charge is 0.335 e. The van der Waals surface area contributed by atoms with Crippen molar-refractivity contribution in [1.29, 1.82) is 0 Å². The molecule has 1 amide bonds. The summed E-state index contributed by atoms with van der Waals surface area (Å²) in [6.45, 7) is 0. The quantitative estimate of drug-likeness (QED) is 0.826. The van der Waals surface area contributed by atoms with Gasteiger partial charge in [-0.1, -0.05) is 5.75 Å². The van der Waals surface area contributed by atoms with Crippen molar-refractivity contribution in [2.75, 3.05) is 0 Å². The molecular weight excluding hydrogens is 330 g/mol. The molecule has 1 aromatic heterocycles. The molecule has 0 radical (unpaired) electrons. The van der Waals surface area contributed by atoms with Gasteiger partial charge in [0.05, 0.1) is 16.2 Å². The maximum absolute atomic E-state index is 12.0. The summed E-state index contributed by atoms with van der Waals surface area (Å²) in [6.07, 6.45) is 3.62. The highest BCUT2D eigenvalue weighted by Crippen LogP contribution is 2.29. The number of amides is 1. The molecule has 1 aromatic carbocycles. The monoisotopic (exact) mass is 342 g/mol. The highest BCUT2D eigenvalue weighted by Gasteiger charge is 2.24. The third-order valence-corrected chi connectivity index (χ3v) is 4.25. The number of hydrogen-bond acceptors (Lipinski definition) is 5. The van der Waals surface area contributed by atoms with Gasteiger partial charge in [0.2, 0.25) is 0 Å². The van der Waals surface area contributed by atoms with Crippen LogP contribution in [0.15, 0.2) is 46.4 Å². The Hall–Kier alpha value is -3.00. The number of nitrogens with one attached hydrogen (secondary N) is 1. The summed E-state index contributed by atoms with van der Waals surface area (Å²) in [7, 11) is 1.87. The summed E-state index contributed by atoms with van der Waals surface area (Å²) in [5.41, 5.74) is 0.848. The number of carbonyl (C=O) groups excluding carboxylic acids is 1. The Labute approximate surface area is 141 Å². The third kappa shape index (κ3) is 3.18. The van der Waals surface area contributed by atoms with Crippen LogP contribution < -0.4 is 10.4 Å². The van der Waals surface area contributed by atoms with Crippen LogP contribution in [0.25, 0.3) is 6.08 Å². The second-order valence-electron chi connectivity index (χ2n) is 5.01. The van der Waals surface area contributed by atoms with Crippen molar-refractivity contribution in [2.24, 2.45) is 12.0 Å². The zero-order valence-electron chi connectivity index (χ0n) is 12.5. The van der Waals surface area contributed by atoms with Crippen molar-refractivity contribution < 1.29 is 19.8 Å². The molecule has 0 atom stereocenters. The van der Waals surface area contributed by atoms with E-state index in [-0.39, 0.29) is 17.2 Å². The van der Waals surface area contributed by atoms with Crippen molar-refractivity contribution in [1.82, 2.24) is 9.88 Å². The summed E-state index contributed by atoms with van der Waals surface area (Å²) < 4.78 is 1.88. The Kier molecular flexibility index (Phi) is 4.13. The maximum Gasteiger partial charge on any atom is 0.335 e. The Balaban J connectivity index is 1.84. The number of rotatable bonds is 3. The minimum atomic E-state index is -1.28. The van der Waals surface area contributed by atoms with Gasteiger partial charge in [0, 0.05) is 18.9 Å². The van der Waals surface area contributed by atoms with Crippen molar-refractivity contribution in [2.45, 2.75) is 0 Å². The average Bonchev–Trinajstić information content (AvgIpc) is 3.06. The van der Waals surface area contributed by atoms with E-state index in [9.17, 15) is 14.7 Å². The van der Waals surface area contributed by atoms with Crippen LogP contribution in [-0.4, -0.2) is 26.7 Å². The van der Waals surface area contributed by atoms with Crippen LogP contribution in [0.5, 0.6) is 5.75 Å². The van der Waals surface area contributed by atoms with Gasteiger partial charge in [-0.15, -0.1) is 0 Å². The number of carbonyl (C=O) groups is 2. The van der Waals surface area contributed by atoms with E-state index >= 15 is 0 Å². The van der Waals surface area contributed by atoms with E-state index in [0.717, 1.165) is 23.5 Å². The zero-order valence-corrected chi connectivity index (χ0v) is 13.3. The summed E-state index contributed by atoms with van der Waals surface area (Å²) >= 11 is 1.16. The van der Waals surface area contributed by atoms with Crippen LogP contribution in [0, 0.1) is 0 Å². The van der Waals surface area contributed by atoms with Crippen molar-refractivity contribution >= 4 is 40.6 Å². The fraction of sp³-hybridized carbons (Fsp3) is 0.0625. The molecule has 0 bridgehead atoms. The first-order valence-electron chi connectivity index (χ1n) is 6.89. The second-order valence-corrected chi connectivity index (χ2v) is 6.04. The van der Waals surface area contributed by atoms with Crippen LogP contribution in [-0.2, 0) is 11.8 Å². The van der Waals surface area contributed by atoms with Gasteiger partial charge in [-0.2, -0.15) is 0 Å². The number of aromatic carboxylic acids is 1. The zero-order chi connectivity index (χ0) is 17.3. The summed E-state index contributed by atoms with van der Waals surface area (Å²) in [5, 5.41) is 23.5. The molecule has 2 N–H and O–H groups in total. The number of amidine groups is 1. The molecule has 2 aromatic rings. The molecule has 0 saturated carbocycles. The SMILES string of the molecule is Cn1cccc1/C=C1/SC(=Nc2ccc(C(=O)O)c([O-])c2)NC1=O. The number of thioether (sulfide) groups is 1. The van der Waals surface area contributed by atoms with Gasteiger partial charge in [-0.3, -0.25) is 4.79 Å². The molecule has 1 saturated heterocycles. The molecule has 8 heteroatoms. The molecular formula is C16H12N3O4S-. The normalized spacial score (nSPS) is 17.5. The Bertz CT molecular complexity index is 898. The number of aryl methyl sites for hydroxylation is 1. The lowest BCUT2D eigenvalue weighted by Gasteiger charge is -2.10. The predicted octanol–water partition coefficient (Wildman–Crippen LogP) is 1.69. The van der Waals surface area contributed by atoms with Gasteiger partial charge in [-0.05, 0) is 48.2 Å². The molecule has 0 spiro atoms. The minimum Gasteiger partial charge on any atom is -0.872 e. The largest absolute Gasteiger partial charge is 0.872 e. The van der Waals surface area contributed by atoms with Crippen molar-refractivity contribution in [3.8, 4) is 5.75 Å². The molecule has 122 valence electrons. The van der Waals surface area contributed by atoms with Gasteiger partial charge < -0.3 is 20.1 Å². The molecule has 1 aliphatic rings. The number of carboxylic acid groups (broad SMARTS) is 1. The van der Waals surface area contributed by atoms with Crippen LogP contribution in [0.2, 0.25) is 0 Å². The van der Waals surface area contributed by atoms with Gasteiger partial charge in [0.15, 0.2) is 5.17 Å². The Morgan fingerprint density at radius 2 is 2.21 bits per heavy atom. The van der Waals surface area contributed by atoms with Crippen LogP contribution >= 0.6 is 11.8 Å². The molecule has 3 rings (SSSR count). The Morgan fingerprint density at radius 3 is 2.83 bits per heavy atom. The third-order valence-electron chi connectivity index (χ3n) is 3.34.